The summed E-state index contributed by atoms with van der Waals surface area (Å²) in [6, 6.07) is 6.48. The smallest absolute Gasteiger partial charge is 0.292 e. The predicted molar refractivity (Wildman–Crippen MR) is 66.3 cm³/mol. The Labute approximate surface area is 104 Å². The van der Waals surface area contributed by atoms with Crippen molar-refractivity contribution >= 4 is 11.4 Å². The molecule has 1 aromatic heterocycles. The zero-order valence-corrected chi connectivity index (χ0v) is 9.92. The van der Waals surface area contributed by atoms with E-state index in [1.165, 1.54) is 6.07 Å². The number of nitro groups is 1. The third kappa shape index (κ3) is 2.65. The molecule has 0 unspecified atom stereocenters. The van der Waals surface area contributed by atoms with Gasteiger partial charge in [0.1, 0.15) is 11.4 Å². The normalized spacial score (nSPS) is 10.3. The first kappa shape index (κ1) is 12.1. The molecule has 0 aliphatic heterocycles. The molecule has 0 amide bonds. The number of rotatable bonds is 5. The highest BCUT2D eigenvalue weighted by molar-refractivity contribution is 5.60. The van der Waals surface area contributed by atoms with Crippen LogP contribution < -0.4 is 5.32 Å². The van der Waals surface area contributed by atoms with Crippen LogP contribution in [0.15, 0.2) is 34.9 Å². The van der Waals surface area contributed by atoms with Crippen molar-refractivity contribution in [3.05, 3.63) is 52.2 Å². The number of nitrogens with zero attached hydrogens (tertiary/aromatic N) is 2. The molecule has 6 heteroatoms. The van der Waals surface area contributed by atoms with Gasteiger partial charge in [-0.1, -0.05) is 19.1 Å². The number of hydrogen-bond acceptors (Lipinski definition) is 5. The van der Waals surface area contributed by atoms with E-state index >= 15 is 0 Å². The van der Waals surface area contributed by atoms with E-state index in [4.69, 9.17) is 4.42 Å². The molecular weight excluding hydrogens is 234 g/mol. The van der Waals surface area contributed by atoms with Crippen molar-refractivity contribution in [2.45, 2.75) is 19.9 Å². The number of aryl methyl sites for hydroxylation is 1. The van der Waals surface area contributed by atoms with Gasteiger partial charge in [-0.15, -0.1) is 0 Å². The van der Waals surface area contributed by atoms with Crippen LogP contribution in [-0.4, -0.2) is 9.91 Å². The lowest BCUT2D eigenvalue weighted by Crippen LogP contribution is -2.02. The Balaban J connectivity index is 2.08. The molecule has 0 fully saturated rings. The summed E-state index contributed by atoms with van der Waals surface area (Å²) in [5.41, 5.74) is 0.499. The van der Waals surface area contributed by atoms with E-state index in [0.717, 1.165) is 12.2 Å². The minimum absolute atomic E-state index is 0.0415. The maximum absolute atomic E-state index is 10.8. The molecule has 0 radical (unpaired) electrons. The van der Waals surface area contributed by atoms with Gasteiger partial charge in [-0.3, -0.25) is 10.1 Å². The van der Waals surface area contributed by atoms with Gasteiger partial charge in [-0.05, 0) is 6.07 Å². The van der Waals surface area contributed by atoms with Gasteiger partial charge >= 0.3 is 0 Å². The first-order chi connectivity index (χ1) is 8.70. The largest absolute Gasteiger partial charge is 0.444 e. The molecule has 1 heterocycles. The Morgan fingerprint density at radius 1 is 1.44 bits per heavy atom. The molecule has 0 saturated heterocycles. The number of anilines is 1. The van der Waals surface area contributed by atoms with Gasteiger partial charge in [-0.2, -0.15) is 0 Å². The SMILES string of the molecule is CCc1cnc(CNc2ccccc2[N+](=O)[O-])o1. The van der Waals surface area contributed by atoms with E-state index in [9.17, 15) is 10.1 Å². The van der Waals surface area contributed by atoms with Crippen molar-refractivity contribution in [1.29, 1.82) is 0 Å². The summed E-state index contributed by atoms with van der Waals surface area (Å²) < 4.78 is 5.41. The third-order valence-corrected chi connectivity index (χ3v) is 2.48. The van der Waals surface area contributed by atoms with Crippen molar-refractivity contribution in [2.75, 3.05) is 5.32 Å². The van der Waals surface area contributed by atoms with E-state index in [0.29, 0.717) is 18.1 Å². The second-order valence-corrected chi connectivity index (χ2v) is 3.70. The van der Waals surface area contributed by atoms with E-state index < -0.39 is 4.92 Å². The molecular formula is C12H13N3O3. The summed E-state index contributed by atoms with van der Waals surface area (Å²) in [5, 5.41) is 13.8. The van der Waals surface area contributed by atoms with Crippen molar-refractivity contribution in [3.8, 4) is 0 Å². The van der Waals surface area contributed by atoms with Gasteiger partial charge in [0.15, 0.2) is 0 Å². The fourth-order valence-electron chi connectivity index (χ4n) is 1.55. The molecule has 94 valence electrons. The van der Waals surface area contributed by atoms with Crippen LogP contribution in [0.1, 0.15) is 18.6 Å². The van der Waals surface area contributed by atoms with E-state index in [1.54, 1.807) is 24.4 Å². The summed E-state index contributed by atoms with van der Waals surface area (Å²) in [6.07, 6.45) is 2.44. The van der Waals surface area contributed by atoms with Crippen LogP contribution in [0.2, 0.25) is 0 Å². The number of oxazole rings is 1. The number of benzene rings is 1. The van der Waals surface area contributed by atoms with Gasteiger partial charge < -0.3 is 9.73 Å². The highest BCUT2D eigenvalue weighted by Crippen LogP contribution is 2.23. The van der Waals surface area contributed by atoms with E-state index in [2.05, 4.69) is 10.3 Å². The molecule has 18 heavy (non-hydrogen) atoms. The number of nitro benzene ring substituents is 1. The van der Waals surface area contributed by atoms with Crippen LogP contribution >= 0.6 is 0 Å². The Morgan fingerprint density at radius 2 is 2.22 bits per heavy atom. The van der Waals surface area contributed by atoms with Crippen molar-refractivity contribution in [3.63, 3.8) is 0 Å². The molecule has 0 saturated carbocycles. The summed E-state index contributed by atoms with van der Waals surface area (Å²) in [6.45, 7) is 2.30. The van der Waals surface area contributed by atoms with E-state index in [1.807, 2.05) is 6.92 Å². The maximum Gasteiger partial charge on any atom is 0.292 e. The van der Waals surface area contributed by atoms with Crippen LogP contribution in [-0.2, 0) is 13.0 Å². The molecule has 0 atom stereocenters. The molecule has 2 rings (SSSR count). The summed E-state index contributed by atoms with van der Waals surface area (Å²) >= 11 is 0. The van der Waals surface area contributed by atoms with E-state index in [-0.39, 0.29) is 5.69 Å². The lowest BCUT2D eigenvalue weighted by atomic mass is 10.2. The second kappa shape index (κ2) is 5.31. The maximum atomic E-state index is 10.8. The molecule has 0 bridgehead atoms. The molecule has 0 spiro atoms. The highest BCUT2D eigenvalue weighted by atomic mass is 16.6. The fraction of sp³-hybridized carbons (Fsp3) is 0.250. The van der Waals surface area contributed by atoms with Gasteiger partial charge in [0.05, 0.1) is 17.7 Å². The lowest BCUT2D eigenvalue weighted by molar-refractivity contribution is -0.384. The lowest BCUT2D eigenvalue weighted by Gasteiger charge is -2.04. The first-order valence-electron chi connectivity index (χ1n) is 5.61. The zero-order valence-electron chi connectivity index (χ0n) is 9.92. The Kier molecular flexibility index (Phi) is 3.57. The minimum Gasteiger partial charge on any atom is -0.444 e. The van der Waals surface area contributed by atoms with Gasteiger partial charge in [-0.25, -0.2) is 4.98 Å². The topological polar surface area (TPSA) is 81.2 Å². The van der Waals surface area contributed by atoms with Crippen LogP contribution in [0.25, 0.3) is 0 Å². The average Bonchev–Trinajstić information content (AvgIpc) is 2.84. The zero-order chi connectivity index (χ0) is 13.0. The van der Waals surface area contributed by atoms with Gasteiger partial charge in [0, 0.05) is 12.5 Å². The van der Waals surface area contributed by atoms with Gasteiger partial charge in [0.2, 0.25) is 5.89 Å². The molecule has 0 aliphatic carbocycles. The van der Waals surface area contributed by atoms with Crippen LogP contribution in [0.4, 0.5) is 11.4 Å². The molecule has 1 N–H and O–H groups in total. The Bertz CT molecular complexity index is 551. The highest BCUT2D eigenvalue weighted by Gasteiger charge is 2.12. The predicted octanol–water partition coefficient (Wildman–Crippen LogP) is 2.76. The van der Waals surface area contributed by atoms with Crippen LogP contribution in [0.3, 0.4) is 0 Å². The minimum atomic E-state index is -0.421. The third-order valence-electron chi connectivity index (χ3n) is 2.48. The Hall–Kier alpha value is -2.37. The van der Waals surface area contributed by atoms with Crippen LogP contribution in [0, 0.1) is 10.1 Å². The molecule has 6 nitrogen and oxygen atoms in total. The quantitative estimate of drug-likeness (QED) is 0.649. The van der Waals surface area contributed by atoms with Crippen molar-refractivity contribution < 1.29 is 9.34 Å². The van der Waals surface area contributed by atoms with Crippen molar-refractivity contribution in [2.24, 2.45) is 0 Å². The monoisotopic (exact) mass is 247 g/mol. The summed E-state index contributed by atoms with van der Waals surface area (Å²) in [4.78, 5) is 14.5. The number of hydrogen-bond donors (Lipinski definition) is 1. The fourth-order valence-corrected chi connectivity index (χ4v) is 1.55. The summed E-state index contributed by atoms with van der Waals surface area (Å²) in [7, 11) is 0. The molecule has 0 aliphatic rings. The molecule has 1 aromatic carbocycles. The number of nitrogens with one attached hydrogen (secondary N) is 1. The molecule has 2 aromatic rings. The Morgan fingerprint density at radius 3 is 2.89 bits per heavy atom. The van der Waals surface area contributed by atoms with Crippen molar-refractivity contribution in [1.82, 2.24) is 4.98 Å². The number of aromatic nitrogens is 1. The number of para-hydroxylation sites is 2. The first-order valence-corrected chi connectivity index (χ1v) is 5.61. The average molecular weight is 247 g/mol. The second-order valence-electron chi connectivity index (χ2n) is 3.70. The summed E-state index contributed by atoms with van der Waals surface area (Å²) in [5.74, 6) is 1.32. The van der Waals surface area contributed by atoms with Gasteiger partial charge in [0.25, 0.3) is 5.69 Å². The van der Waals surface area contributed by atoms with Crippen LogP contribution in [0.5, 0.6) is 0 Å². The standard InChI is InChI=1S/C12H13N3O3/c1-2-9-7-14-12(18-9)8-13-10-5-3-4-6-11(10)15(16)17/h3-7,13H,2,8H2,1H3.